The van der Waals surface area contributed by atoms with Crippen molar-refractivity contribution in [3.8, 4) is 11.3 Å². The molecule has 41 heavy (non-hydrogen) atoms. The third kappa shape index (κ3) is 5.02. The first-order valence-corrected chi connectivity index (χ1v) is 12.3. The quantitative estimate of drug-likeness (QED) is 0.139. The van der Waals surface area contributed by atoms with Gasteiger partial charge in [0.1, 0.15) is 17.1 Å². The highest BCUT2D eigenvalue weighted by Crippen LogP contribution is 2.37. The topological polar surface area (TPSA) is 168 Å². The summed E-state index contributed by atoms with van der Waals surface area (Å²) >= 11 is 5.92. The number of furan rings is 1. The van der Waals surface area contributed by atoms with Crippen LogP contribution in [0.2, 0.25) is 5.02 Å². The van der Waals surface area contributed by atoms with Gasteiger partial charge in [0.25, 0.3) is 5.60 Å². The molecule has 208 valence electrons. The molecule has 0 spiro atoms. The van der Waals surface area contributed by atoms with Crippen molar-refractivity contribution < 1.29 is 48.4 Å². The number of hydrogen-bond donors (Lipinski definition) is 3. The van der Waals surface area contributed by atoms with Crippen LogP contribution in [0, 0.1) is 6.92 Å². The minimum atomic E-state index is -4.11. The molecule has 3 aromatic carbocycles. The van der Waals surface area contributed by atoms with Crippen LogP contribution in [0.1, 0.15) is 36.8 Å². The summed E-state index contributed by atoms with van der Waals surface area (Å²) in [5, 5.41) is 32.5. The summed E-state index contributed by atoms with van der Waals surface area (Å²) < 4.78 is 10.8. The van der Waals surface area contributed by atoms with E-state index in [0.29, 0.717) is 10.6 Å². The third-order valence-corrected chi connectivity index (χ3v) is 6.60. The summed E-state index contributed by atoms with van der Waals surface area (Å²) in [6.45, 7) is 1.34. The molecular formula is C30H21ClO10. The Labute approximate surface area is 237 Å². The standard InChI is InChI=1S/C30H21ClO10/c1-17-22(16-23(40-17)18-12-14-21(31)15-13-18)26(34)41-30(28(37)38,25(33)20-10-6-3-7-11-20)29(39,27(35)36)24(32)19-8-4-2-5-9-19/h2-16,39H,1H3,(H,35,36)(H,37,38). The molecule has 1 aromatic heterocycles. The molecule has 11 heteroatoms. The Morgan fingerprint density at radius 3 is 1.76 bits per heavy atom. The van der Waals surface area contributed by atoms with Crippen molar-refractivity contribution in [1.29, 1.82) is 0 Å². The number of benzene rings is 3. The average Bonchev–Trinajstić information content (AvgIpc) is 3.37. The van der Waals surface area contributed by atoms with Crippen molar-refractivity contribution in [2.45, 2.75) is 18.1 Å². The van der Waals surface area contributed by atoms with Gasteiger partial charge in [-0.3, -0.25) is 9.59 Å². The monoisotopic (exact) mass is 576 g/mol. The fourth-order valence-corrected chi connectivity index (χ4v) is 4.34. The zero-order chi connectivity index (χ0) is 29.9. The predicted molar refractivity (Wildman–Crippen MR) is 144 cm³/mol. The summed E-state index contributed by atoms with van der Waals surface area (Å²) in [5.41, 5.74) is -8.91. The van der Waals surface area contributed by atoms with E-state index >= 15 is 0 Å². The van der Waals surface area contributed by atoms with Crippen molar-refractivity contribution in [2.24, 2.45) is 0 Å². The number of Topliss-reactive ketones (excluding diaryl/α,β-unsaturated/α-hetero) is 2. The largest absolute Gasteiger partial charge is 0.479 e. The van der Waals surface area contributed by atoms with Crippen LogP contribution in [0.4, 0.5) is 0 Å². The molecule has 3 N–H and O–H groups in total. The molecule has 1 heterocycles. The Morgan fingerprint density at radius 1 is 0.756 bits per heavy atom. The Hall–Kier alpha value is -5.06. The van der Waals surface area contributed by atoms with Gasteiger partial charge < -0.3 is 24.5 Å². The van der Waals surface area contributed by atoms with Gasteiger partial charge in [-0.05, 0) is 37.3 Å². The van der Waals surface area contributed by atoms with Gasteiger partial charge in [0, 0.05) is 21.7 Å². The van der Waals surface area contributed by atoms with Gasteiger partial charge in [0.15, 0.2) is 0 Å². The molecule has 0 saturated carbocycles. The second-order valence-corrected chi connectivity index (χ2v) is 9.31. The van der Waals surface area contributed by atoms with Crippen molar-refractivity contribution >= 4 is 41.1 Å². The van der Waals surface area contributed by atoms with Crippen LogP contribution < -0.4 is 0 Å². The number of carbonyl (C=O) groups excluding carboxylic acids is 3. The molecule has 0 amide bonds. The van der Waals surface area contributed by atoms with Crippen LogP contribution >= 0.6 is 11.6 Å². The van der Waals surface area contributed by atoms with E-state index in [1.807, 2.05) is 0 Å². The predicted octanol–water partition coefficient (Wildman–Crippen LogP) is 4.47. The number of carboxylic acids is 2. The van der Waals surface area contributed by atoms with Crippen LogP contribution in [0.5, 0.6) is 0 Å². The van der Waals surface area contributed by atoms with Gasteiger partial charge in [0.05, 0.1) is 0 Å². The Morgan fingerprint density at radius 2 is 1.27 bits per heavy atom. The summed E-state index contributed by atoms with van der Waals surface area (Å²) in [6.07, 6.45) is 0. The van der Waals surface area contributed by atoms with Crippen LogP contribution in [0.3, 0.4) is 0 Å². The summed E-state index contributed by atoms with van der Waals surface area (Å²) in [5.74, 6) is -9.68. The minimum absolute atomic E-state index is 0.0837. The van der Waals surface area contributed by atoms with Crippen LogP contribution in [-0.4, -0.2) is 56.0 Å². The molecule has 2 unspecified atom stereocenters. The molecule has 4 aromatic rings. The third-order valence-electron chi connectivity index (χ3n) is 6.35. The molecule has 0 fully saturated rings. The number of halogens is 1. The highest BCUT2D eigenvalue weighted by molar-refractivity contribution is 6.30. The number of ketones is 2. The maximum Gasteiger partial charge on any atom is 0.360 e. The molecule has 0 bridgehead atoms. The normalized spacial score (nSPS) is 13.8. The van der Waals surface area contributed by atoms with E-state index in [9.17, 15) is 39.3 Å². The van der Waals surface area contributed by atoms with Crippen molar-refractivity contribution in [1.82, 2.24) is 0 Å². The SMILES string of the molecule is Cc1oc(-c2ccc(Cl)cc2)cc1C(=O)OC(C(=O)O)(C(=O)c1ccccc1)C(O)(C(=O)O)C(=O)c1ccccc1. The number of aliphatic hydroxyl groups is 1. The van der Waals surface area contributed by atoms with E-state index in [0.717, 1.165) is 24.3 Å². The fraction of sp³-hybridized carbons (Fsp3) is 0.100. The number of aryl methyl sites for hydroxylation is 1. The van der Waals surface area contributed by atoms with E-state index in [2.05, 4.69) is 0 Å². The van der Waals surface area contributed by atoms with E-state index in [4.69, 9.17) is 20.8 Å². The van der Waals surface area contributed by atoms with Gasteiger partial charge in [-0.2, -0.15) is 0 Å². The lowest BCUT2D eigenvalue weighted by Gasteiger charge is -2.37. The van der Waals surface area contributed by atoms with E-state index in [-0.39, 0.29) is 17.1 Å². The minimum Gasteiger partial charge on any atom is -0.479 e. The molecular weight excluding hydrogens is 556 g/mol. The first kappa shape index (κ1) is 28.9. The highest BCUT2D eigenvalue weighted by atomic mass is 35.5. The average molecular weight is 577 g/mol. The first-order valence-electron chi connectivity index (χ1n) is 11.9. The molecule has 10 nitrogen and oxygen atoms in total. The van der Waals surface area contributed by atoms with Crippen LogP contribution in [0.25, 0.3) is 11.3 Å². The van der Waals surface area contributed by atoms with Crippen LogP contribution in [-0.2, 0) is 14.3 Å². The highest BCUT2D eigenvalue weighted by Gasteiger charge is 2.73. The smallest absolute Gasteiger partial charge is 0.360 e. The Bertz CT molecular complexity index is 1640. The maximum atomic E-state index is 13.8. The molecule has 0 aliphatic rings. The Balaban J connectivity index is 1.92. The van der Waals surface area contributed by atoms with Gasteiger partial charge in [-0.1, -0.05) is 72.3 Å². The van der Waals surface area contributed by atoms with Crippen LogP contribution in [0.15, 0.2) is 95.4 Å². The number of hydrogen-bond acceptors (Lipinski definition) is 8. The van der Waals surface area contributed by atoms with Crippen molar-refractivity contribution in [3.05, 3.63) is 118 Å². The molecule has 0 radical (unpaired) electrons. The van der Waals surface area contributed by atoms with Gasteiger partial charge in [-0.15, -0.1) is 0 Å². The zero-order valence-corrected chi connectivity index (χ0v) is 22.0. The van der Waals surface area contributed by atoms with Gasteiger partial charge >= 0.3 is 23.5 Å². The number of rotatable bonds is 10. The second-order valence-electron chi connectivity index (χ2n) is 8.87. The molecule has 4 rings (SSSR count). The van der Waals surface area contributed by atoms with Crippen molar-refractivity contribution in [2.75, 3.05) is 0 Å². The molecule has 2 atom stereocenters. The Kier molecular flexibility index (Phi) is 7.91. The fourth-order valence-electron chi connectivity index (χ4n) is 4.21. The summed E-state index contributed by atoms with van der Waals surface area (Å²) in [4.78, 5) is 66.4. The molecule has 0 saturated heterocycles. The number of aliphatic carboxylic acids is 2. The lowest BCUT2D eigenvalue weighted by atomic mass is 9.72. The van der Waals surface area contributed by atoms with E-state index in [1.54, 1.807) is 24.3 Å². The maximum absolute atomic E-state index is 13.8. The zero-order valence-electron chi connectivity index (χ0n) is 21.2. The number of carbonyl (C=O) groups is 5. The van der Waals surface area contributed by atoms with Crippen molar-refractivity contribution in [3.63, 3.8) is 0 Å². The second kappa shape index (κ2) is 11.2. The summed E-state index contributed by atoms with van der Waals surface area (Å²) in [7, 11) is 0. The first-order chi connectivity index (χ1) is 19.4. The van der Waals surface area contributed by atoms with Gasteiger partial charge in [-0.25, -0.2) is 14.4 Å². The number of esters is 1. The van der Waals surface area contributed by atoms with E-state index < -0.39 is 51.8 Å². The summed E-state index contributed by atoms with van der Waals surface area (Å²) in [6, 6.07) is 20.2. The molecule has 0 aliphatic carbocycles. The lowest BCUT2D eigenvalue weighted by Crippen LogP contribution is -2.73. The number of carboxylic acid groups (broad SMARTS) is 2. The number of ether oxygens (including phenoxy) is 1. The molecule has 0 aliphatic heterocycles. The lowest BCUT2D eigenvalue weighted by molar-refractivity contribution is -0.187. The van der Waals surface area contributed by atoms with E-state index in [1.165, 1.54) is 49.4 Å². The van der Waals surface area contributed by atoms with Gasteiger partial charge in [0.2, 0.25) is 11.6 Å².